The lowest BCUT2D eigenvalue weighted by atomic mass is 9.93. The fourth-order valence-corrected chi connectivity index (χ4v) is 13.3. The van der Waals surface area contributed by atoms with Crippen LogP contribution in [0.5, 0.6) is 0 Å². The zero-order valence-corrected chi connectivity index (χ0v) is 56.5. The van der Waals surface area contributed by atoms with Crippen molar-refractivity contribution < 1.29 is 63.4 Å². The van der Waals surface area contributed by atoms with Gasteiger partial charge in [-0.3, -0.25) is 18.6 Å². The summed E-state index contributed by atoms with van der Waals surface area (Å²) in [7, 11) is -14.8. The highest BCUT2D eigenvalue weighted by molar-refractivity contribution is 7.89. The van der Waals surface area contributed by atoms with Gasteiger partial charge in [0.25, 0.3) is 0 Å². The van der Waals surface area contributed by atoms with Crippen molar-refractivity contribution in [3.05, 3.63) is 84.3 Å². The van der Waals surface area contributed by atoms with Crippen LogP contribution in [0.1, 0.15) is 221 Å². The third-order valence-electron chi connectivity index (χ3n) is 15.8. The molecule has 1 aliphatic heterocycles. The number of phosphoric acid groups is 1. The molecular formula is C68H106N3O14PS2. The van der Waals surface area contributed by atoms with E-state index >= 15 is 0 Å². The zero-order valence-electron chi connectivity index (χ0n) is 54.0. The SMILES string of the molecule is CCCCCCCC/C=C\CCCCCCCC(=O)OC[C@H](COP(=O)(O)OCCNS(=O)(=O)c1ccc(-c2c3ccc(=[N+](CC)CC)cc-3oc3cc(N(CC)CC)ccc23)c(S(=O)(=O)[O-])c1)OC(=O)CCCCCCC/C=C\CCCCCCCC. The number of hydrogen-bond donors (Lipinski definition) is 2. The summed E-state index contributed by atoms with van der Waals surface area (Å²) in [6.45, 7) is 13.0. The number of benzene rings is 3. The predicted octanol–water partition coefficient (Wildman–Crippen LogP) is 15.7. The molecule has 2 aliphatic rings. The number of unbranched alkanes of at least 4 members (excludes halogenated alkanes) is 22. The number of phosphoric ester groups is 1. The molecule has 17 nitrogen and oxygen atoms in total. The van der Waals surface area contributed by atoms with Crippen LogP contribution in [0.3, 0.4) is 0 Å². The molecule has 0 spiro atoms. The second-order valence-corrected chi connectivity index (χ2v) is 27.3. The van der Waals surface area contributed by atoms with Gasteiger partial charge in [0.05, 0.1) is 29.1 Å². The first-order valence-electron chi connectivity index (χ1n) is 33.1. The van der Waals surface area contributed by atoms with Gasteiger partial charge in [0.2, 0.25) is 15.4 Å². The van der Waals surface area contributed by atoms with Crippen LogP contribution >= 0.6 is 7.82 Å². The van der Waals surface area contributed by atoms with E-state index in [0.717, 1.165) is 94.2 Å². The Kier molecular flexibility index (Phi) is 36.5. The monoisotopic (exact) mass is 1280 g/mol. The molecule has 1 aliphatic carbocycles. The zero-order chi connectivity index (χ0) is 64.1. The number of anilines is 1. The number of fused-ring (bicyclic) bond motifs is 2. The number of ether oxygens (including phenoxy) is 2. The molecule has 0 bridgehead atoms. The maximum absolute atomic E-state index is 13.7. The average Bonchev–Trinajstić information content (AvgIpc) is 0.788. The van der Waals surface area contributed by atoms with E-state index in [1.807, 2.05) is 52.0 Å². The number of nitrogens with zero attached hydrogens (tertiary/aromatic N) is 2. The van der Waals surface area contributed by atoms with E-state index < -0.39 is 82.2 Å². The normalized spacial score (nSPS) is 13.2. The minimum Gasteiger partial charge on any atom is -0.744 e. The highest BCUT2D eigenvalue weighted by Gasteiger charge is 2.28. The lowest BCUT2D eigenvalue weighted by Crippen LogP contribution is -2.30. The second-order valence-electron chi connectivity index (χ2n) is 22.8. The number of nitrogens with one attached hydrogen (secondary N) is 1. The third-order valence-corrected chi connectivity index (χ3v) is 19.2. The summed E-state index contributed by atoms with van der Waals surface area (Å²) in [5.74, 6) is -0.670. The van der Waals surface area contributed by atoms with Gasteiger partial charge in [-0.25, -0.2) is 30.7 Å². The molecule has 0 fully saturated rings. The maximum Gasteiger partial charge on any atom is 0.472 e. The second kappa shape index (κ2) is 42.4. The van der Waals surface area contributed by atoms with Gasteiger partial charge in [0.1, 0.15) is 41.2 Å². The Balaban J connectivity index is 1.36. The first kappa shape index (κ1) is 75.7. The van der Waals surface area contributed by atoms with Crippen LogP contribution in [0.2, 0.25) is 0 Å². The van der Waals surface area contributed by atoms with E-state index in [9.17, 15) is 40.4 Å². The van der Waals surface area contributed by atoms with Crippen molar-refractivity contribution in [3.63, 3.8) is 0 Å². The lowest BCUT2D eigenvalue weighted by molar-refractivity contribution is -0.161. The molecule has 88 heavy (non-hydrogen) atoms. The topological polar surface area (TPSA) is 231 Å². The van der Waals surface area contributed by atoms with Crippen LogP contribution in [0.4, 0.5) is 5.69 Å². The van der Waals surface area contributed by atoms with E-state index in [4.69, 9.17) is 22.9 Å². The van der Waals surface area contributed by atoms with Crippen molar-refractivity contribution >= 4 is 56.6 Å². The highest BCUT2D eigenvalue weighted by Crippen LogP contribution is 2.45. The van der Waals surface area contributed by atoms with Gasteiger partial charge < -0.3 is 28.2 Å². The molecule has 494 valence electrons. The van der Waals surface area contributed by atoms with Crippen LogP contribution in [0.25, 0.3) is 33.4 Å². The summed E-state index contributed by atoms with van der Waals surface area (Å²) in [6, 6.07) is 14.3. The number of hydrogen-bond acceptors (Lipinski definition) is 14. The number of rotatable bonds is 49. The predicted molar refractivity (Wildman–Crippen MR) is 353 cm³/mol. The third kappa shape index (κ3) is 28.2. The summed E-state index contributed by atoms with van der Waals surface area (Å²) >= 11 is 0. The fourth-order valence-electron chi connectivity index (χ4n) is 10.7. The van der Waals surface area contributed by atoms with Crippen molar-refractivity contribution in [2.45, 2.75) is 237 Å². The van der Waals surface area contributed by atoms with Gasteiger partial charge in [-0.2, -0.15) is 0 Å². The summed E-state index contributed by atoms with van der Waals surface area (Å²) in [5.41, 5.74) is 2.10. The molecule has 0 saturated heterocycles. The maximum atomic E-state index is 13.7. The number of carbonyl (C=O) groups is 2. The van der Waals surface area contributed by atoms with Crippen LogP contribution in [-0.2, 0) is 52.8 Å². The van der Waals surface area contributed by atoms with Gasteiger partial charge in [-0.1, -0.05) is 147 Å². The van der Waals surface area contributed by atoms with Crippen LogP contribution in [0.15, 0.2) is 93.1 Å². The van der Waals surface area contributed by atoms with Crippen LogP contribution in [0, 0.1) is 0 Å². The Bertz CT molecular complexity index is 3060. The van der Waals surface area contributed by atoms with E-state index in [0.29, 0.717) is 66.9 Å². The van der Waals surface area contributed by atoms with Crippen molar-refractivity contribution in [3.8, 4) is 22.5 Å². The minimum absolute atomic E-state index is 0.0344. The summed E-state index contributed by atoms with van der Waals surface area (Å²) in [6.07, 6.45) is 36.9. The molecule has 1 heterocycles. The molecule has 20 heteroatoms. The minimum atomic E-state index is -5.33. The van der Waals surface area contributed by atoms with Crippen LogP contribution in [-0.4, -0.2) is 96.9 Å². The largest absolute Gasteiger partial charge is 0.744 e. The van der Waals surface area contributed by atoms with Gasteiger partial charge >= 0.3 is 19.8 Å². The molecule has 0 aromatic heterocycles. The van der Waals surface area contributed by atoms with E-state index in [1.54, 1.807) is 12.1 Å². The van der Waals surface area contributed by atoms with Crippen molar-refractivity contribution in [1.29, 1.82) is 0 Å². The average molecular weight is 1280 g/mol. The molecule has 2 aromatic carbocycles. The Morgan fingerprint density at radius 1 is 0.636 bits per heavy atom. The van der Waals surface area contributed by atoms with E-state index in [-0.39, 0.29) is 18.4 Å². The Morgan fingerprint density at radius 2 is 1.16 bits per heavy atom. The quantitative estimate of drug-likeness (QED) is 0.00796. The molecule has 2 N–H and O–H groups in total. The lowest BCUT2D eigenvalue weighted by Gasteiger charge is -2.23. The molecular weight excluding hydrogens is 1180 g/mol. The van der Waals surface area contributed by atoms with E-state index in [2.05, 4.69) is 52.3 Å². The van der Waals surface area contributed by atoms with Gasteiger partial charge in [0.15, 0.2) is 6.10 Å². The smallest absolute Gasteiger partial charge is 0.472 e. The van der Waals surface area contributed by atoms with Crippen molar-refractivity contribution in [1.82, 2.24) is 9.30 Å². The number of esters is 2. The highest BCUT2D eigenvalue weighted by atomic mass is 32.2. The van der Waals surface area contributed by atoms with Crippen molar-refractivity contribution in [2.75, 3.05) is 57.4 Å². The van der Waals surface area contributed by atoms with Gasteiger partial charge in [0, 0.05) is 72.4 Å². The Morgan fingerprint density at radius 3 is 1.69 bits per heavy atom. The standard InChI is InChI=1S/C68H106N3O14PS2/c1-7-13-15-17-19-21-23-25-27-29-31-33-35-37-39-41-66(72)81-54-58(84-67(73)42-40-38-36-34-32-30-28-26-24-22-20-18-16-14-8-2)55-83-86(74,75)82-50-49-69-87(76,77)59-45-48-62(65(53-59)88(78,79)80)68-60-46-43-56(70(9-3)10-4)51-63(60)85-64-52-57(44-47-61(64)68)71(11-5)12-6/h25-28,43-48,51-53,58,69H,7-24,29-42,49-50,54-55H2,1-6H3,(H-,74,75,78,79,80)/b27-25-,28-26-/t58-/m1/s1. The first-order chi connectivity index (χ1) is 42.4. The molecule has 2 aromatic rings. The number of sulfonamides is 1. The first-order valence-corrected chi connectivity index (χ1v) is 37.5. The summed E-state index contributed by atoms with van der Waals surface area (Å²) in [5, 5.41) is 1.36. The molecule has 4 rings (SSSR count). The Hall–Kier alpha value is -4.72. The van der Waals surface area contributed by atoms with Gasteiger partial charge in [-0.05, 0) is 122 Å². The Labute approximate surface area is 527 Å². The molecule has 0 saturated carbocycles. The van der Waals surface area contributed by atoms with E-state index in [1.165, 1.54) is 89.2 Å². The van der Waals surface area contributed by atoms with Crippen LogP contribution < -0.4 is 19.6 Å². The number of allylic oxidation sites excluding steroid dienone is 4. The summed E-state index contributed by atoms with van der Waals surface area (Å²) in [4.78, 5) is 37.4. The summed E-state index contributed by atoms with van der Waals surface area (Å²) < 4.78 is 112. The van der Waals surface area contributed by atoms with Gasteiger partial charge in [-0.15, -0.1) is 0 Å². The molecule has 0 radical (unpaired) electrons. The molecule has 2 atom stereocenters. The van der Waals surface area contributed by atoms with Crippen molar-refractivity contribution in [2.24, 2.45) is 0 Å². The molecule has 1 unspecified atom stereocenters. The number of carbonyl (C=O) groups excluding carboxylic acids is 2. The fraction of sp³-hybridized carbons (Fsp3) is 0.632. The molecule has 0 amide bonds.